The summed E-state index contributed by atoms with van der Waals surface area (Å²) >= 11 is 0. The van der Waals surface area contributed by atoms with E-state index in [1.54, 1.807) is 61.5 Å². The Kier molecular flexibility index (Phi) is 5.04. The molecule has 4 aromatic rings. The Bertz CT molecular complexity index is 1370. The van der Waals surface area contributed by atoms with Crippen molar-refractivity contribution in [3.63, 3.8) is 0 Å². The number of aryl methyl sites for hydroxylation is 1. The number of ether oxygens (including phenoxy) is 1. The fraction of sp³-hybridized carbons (Fsp3) is 0.0870. The Morgan fingerprint density at radius 3 is 2.16 bits per heavy atom. The summed E-state index contributed by atoms with van der Waals surface area (Å²) in [7, 11) is 0. The third kappa shape index (κ3) is 3.91. The van der Waals surface area contributed by atoms with Gasteiger partial charge >= 0.3 is 6.01 Å². The van der Waals surface area contributed by atoms with Gasteiger partial charge in [-0.3, -0.25) is 19.0 Å². The monoisotopic (exact) mass is 414 g/mol. The molecule has 0 aliphatic carbocycles. The number of primary amides is 1. The Morgan fingerprint density at radius 2 is 1.55 bits per heavy atom. The minimum atomic E-state index is -0.554. The summed E-state index contributed by atoms with van der Waals surface area (Å²) in [6, 6.07) is 16.1. The number of hydrogen-bond donors (Lipinski definition) is 1. The van der Waals surface area contributed by atoms with E-state index >= 15 is 0 Å². The predicted octanol–water partition coefficient (Wildman–Crippen LogP) is 3.18. The molecule has 0 unspecified atom stereocenters. The van der Waals surface area contributed by atoms with Gasteiger partial charge in [0.25, 0.3) is 5.56 Å². The zero-order valence-electron chi connectivity index (χ0n) is 16.8. The predicted molar refractivity (Wildman–Crippen MR) is 115 cm³/mol. The molecule has 0 saturated carbocycles. The zero-order valence-corrected chi connectivity index (χ0v) is 16.8. The third-order valence-electron chi connectivity index (χ3n) is 4.80. The summed E-state index contributed by atoms with van der Waals surface area (Å²) in [5.74, 6) is -0.142. The molecule has 0 spiro atoms. The molecule has 31 heavy (non-hydrogen) atoms. The second kappa shape index (κ2) is 7.83. The van der Waals surface area contributed by atoms with Gasteiger partial charge in [-0.15, -0.1) is 0 Å². The standard InChI is InChI=1S/C23H18N4O4/c1-13-19-11-12-20(29)27(17-7-3-16(4-8-17)21(24)30)22(19)26-23(25-13)31-18-9-5-15(6-10-18)14(2)28/h3-12H,1-2H3,(H2,24,30). The van der Waals surface area contributed by atoms with Crippen LogP contribution in [0.4, 0.5) is 0 Å². The molecule has 1 amide bonds. The number of Topliss-reactive ketones (excluding diaryl/α,β-unsaturated/α-hetero) is 1. The van der Waals surface area contributed by atoms with Gasteiger partial charge in [-0.25, -0.2) is 0 Å². The van der Waals surface area contributed by atoms with Crippen molar-refractivity contribution in [1.29, 1.82) is 0 Å². The van der Waals surface area contributed by atoms with Crippen LogP contribution in [0, 0.1) is 6.92 Å². The molecular weight excluding hydrogens is 396 g/mol. The lowest BCUT2D eigenvalue weighted by Gasteiger charge is -2.12. The maximum absolute atomic E-state index is 12.7. The number of pyridine rings is 1. The van der Waals surface area contributed by atoms with Gasteiger partial charge < -0.3 is 10.5 Å². The molecule has 0 saturated heterocycles. The molecule has 0 radical (unpaired) electrons. The van der Waals surface area contributed by atoms with Gasteiger partial charge in [-0.05, 0) is 68.4 Å². The highest BCUT2D eigenvalue weighted by Gasteiger charge is 2.13. The minimum Gasteiger partial charge on any atom is -0.424 e. The molecule has 4 rings (SSSR count). The number of carbonyl (C=O) groups is 2. The van der Waals surface area contributed by atoms with Crippen LogP contribution >= 0.6 is 0 Å². The topological polar surface area (TPSA) is 117 Å². The van der Waals surface area contributed by atoms with Gasteiger partial charge in [0.05, 0.1) is 11.4 Å². The van der Waals surface area contributed by atoms with Crippen LogP contribution < -0.4 is 16.0 Å². The number of nitrogens with two attached hydrogens (primary N) is 1. The molecule has 8 heteroatoms. The van der Waals surface area contributed by atoms with Crippen LogP contribution in [0.2, 0.25) is 0 Å². The highest BCUT2D eigenvalue weighted by atomic mass is 16.5. The average molecular weight is 414 g/mol. The lowest BCUT2D eigenvalue weighted by atomic mass is 10.1. The van der Waals surface area contributed by atoms with Crippen molar-refractivity contribution in [2.75, 3.05) is 0 Å². The molecule has 0 aliphatic heterocycles. The van der Waals surface area contributed by atoms with Crippen LogP contribution in [0.5, 0.6) is 11.8 Å². The number of ketones is 1. The van der Waals surface area contributed by atoms with Gasteiger partial charge in [0.1, 0.15) is 5.75 Å². The number of benzene rings is 2. The van der Waals surface area contributed by atoms with Crippen molar-refractivity contribution in [3.05, 3.63) is 87.8 Å². The van der Waals surface area contributed by atoms with Gasteiger partial charge in [-0.2, -0.15) is 9.97 Å². The van der Waals surface area contributed by atoms with Crippen molar-refractivity contribution in [2.24, 2.45) is 5.73 Å². The Labute approximate surface area is 176 Å². The summed E-state index contributed by atoms with van der Waals surface area (Å²) in [4.78, 5) is 44.3. The summed E-state index contributed by atoms with van der Waals surface area (Å²) in [5, 5.41) is 0.679. The highest BCUT2D eigenvalue weighted by molar-refractivity contribution is 5.94. The van der Waals surface area contributed by atoms with Gasteiger partial charge in [0.2, 0.25) is 5.91 Å². The number of fused-ring (bicyclic) bond motifs is 1. The van der Waals surface area contributed by atoms with Crippen LogP contribution in [0.3, 0.4) is 0 Å². The number of aromatic nitrogens is 3. The molecule has 154 valence electrons. The average Bonchev–Trinajstić information content (AvgIpc) is 2.74. The van der Waals surface area contributed by atoms with Gasteiger partial charge in [0, 0.05) is 22.6 Å². The fourth-order valence-electron chi connectivity index (χ4n) is 3.17. The Hall–Kier alpha value is -4.33. The van der Waals surface area contributed by atoms with Crippen molar-refractivity contribution in [3.8, 4) is 17.4 Å². The maximum atomic E-state index is 12.7. The van der Waals surface area contributed by atoms with Gasteiger partial charge in [-0.1, -0.05) is 0 Å². The van der Waals surface area contributed by atoms with E-state index in [0.717, 1.165) is 0 Å². The second-order valence-electron chi connectivity index (χ2n) is 6.93. The second-order valence-corrected chi connectivity index (χ2v) is 6.93. The Morgan fingerprint density at radius 1 is 0.903 bits per heavy atom. The third-order valence-corrected chi connectivity index (χ3v) is 4.80. The van der Waals surface area contributed by atoms with E-state index in [1.807, 2.05) is 0 Å². The van der Waals surface area contributed by atoms with Crippen LogP contribution in [-0.2, 0) is 0 Å². The van der Waals surface area contributed by atoms with Crippen molar-refractivity contribution < 1.29 is 14.3 Å². The SMILES string of the molecule is CC(=O)c1ccc(Oc2nc(C)c3ccc(=O)n(-c4ccc(C(N)=O)cc4)c3n2)cc1. The molecule has 2 aromatic carbocycles. The molecule has 0 bridgehead atoms. The first-order chi connectivity index (χ1) is 14.8. The van der Waals surface area contributed by atoms with Crippen LogP contribution in [-0.4, -0.2) is 26.2 Å². The fourth-order valence-corrected chi connectivity index (χ4v) is 3.17. The van der Waals surface area contributed by atoms with Crippen LogP contribution in [0.25, 0.3) is 16.7 Å². The highest BCUT2D eigenvalue weighted by Crippen LogP contribution is 2.24. The summed E-state index contributed by atoms with van der Waals surface area (Å²) in [6.45, 7) is 3.28. The van der Waals surface area contributed by atoms with Crippen molar-refractivity contribution >= 4 is 22.7 Å². The minimum absolute atomic E-state index is 0.0456. The van der Waals surface area contributed by atoms with E-state index in [-0.39, 0.29) is 17.4 Å². The van der Waals surface area contributed by atoms with E-state index in [4.69, 9.17) is 10.5 Å². The quantitative estimate of drug-likeness (QED) is 0.501. The van der Waals surface area contributed by atoms with E-state index in [1.165, 1.54) is 17.6 Å². The maximum Gasteiger partial charge on any atom is 0.324 e. The first-order valence-corrected chi connectivity index (χ1v) is 9.43. The molecule has 0 atom stereocenters. The zero-order chi connectivity index (χ0) is 22.1. The molecule has 0 aliphatic rings. The van der Waals surface area contributed by atoms with Crippen molar-refractivity contribution in [1.82, 2.24) is 14.5 Å². The summed E-state index contributed by atoms with van der Waals surface area (Å²) in [6.07, 6.45) is 0. The summed E-state index contributed by atoms with van der Waals surface area (Å²) < 4.78 is 7.19. The lowest BCUT2D eigenvalue weighted by molar-refractivity contribution is 0.0996. The number of rotatable bonds is 5. The molecule has 8 nitrogen and oxygen atoms in total. The molecule has 2 N–H and O–H groups in total. The van der Waals surface area contributed by atoms with Crippen LogP contribution in [0.15, 0.2) is 65.5 Å². The molecule has 2 aromatic heterocycles. The first-order valence-electron chi connectivity index (χ1n) is 9.43. The normalized spacial score (nSPS) is 10.8. The first kappa shape index (κ1) is 20.0. The van der Waals surface area contributed by atoms with E-state index < -0.39 is 5.91 Å². The van der Waals surface area contributed by atoms with E-state index in [9.17, 15) is 14.4 Å². The van der Waals surface area contributed by atoms with Crippen LogP contribution in [0.1, 0.15) is 33.3 Å². The molecular formula is C23H18N4O4. The number of nitrogens with zero attached hydrogens (tertiary/aromatic N) is 3. The van der Waals surface area contributed by atoms with E-state index in [0.29, 0.717) is 39.3 Å². The summed E-state index contributed by atoms with van der Waals surface area (Å²) in [5.41, 5.74) is 7.42. The Balaban J connectivity index is 1.81. The smallest absolute Gasteiger partial charge is 0.324 e. The lowest BCUT2D eigenvalue weighted by Crippen LogP contribution is -2.19. The number of carbonyl (C=O) groups excluding carboxylic acids is 2. The number of amides is 1. The molecule has 0 fully saturated rings. The van der Waals surface area contributed by atoms with E-state index in [2.05, 4.69) is 9.97 Å². The number of hydrogen-bond acceptors (Lipinski definition) is 6. The van der Waals surface area contributed by atoms with Gasteiger partial charge in [0.15, 0.2) is 11.4 Å². The largest absolute Gasteiger partial charge is 0.424 e. The van der Waals surface area contributed by atoms with Crippen molar-refractivity contribution in [2.45, 2.75) is 13.8 Å². The molecule has 2 heterocycles.